The highest BCUT2D eigenvalue weighted by Gasteiger charge is 2.35. The second-order valence-corrected chi connectivity index (χ2v) is 12.0. The number of aliphatic hydroxyl groups excluding tert-OH is 1. The third-order valence-corrected chi connectivity index (χ3v) is 8.75. The number of benzene rings is 2. The SMILES string of the molecule is C=CCCC(NC(=O)OCC1c2ccccc2-c2ccccc21)C(=O)OCCNC(=O)C(CC=C)CC(=O)NC1(CO)CCCC1. The quantitative estimate of drug-likeness (QED) is 0.114. The van der Waals surface area contributed by atoms with E-state index in [0.29, 0.717) is 25.7 Å². The van der Waals surface area contributed by atoms with Gasteiger partial charge in [-0.25, -0.2) is 9.59 Å². The molecule has 0 radical (unpaired) electrons. The summed E-state index contributed by atoms with van der Waals surface area (Å²) in [6.45, 7) is 7.27. The number of ether oxygens (including phenoxy) is 2. The summed E-state index contributed by atoms with van der Waals surface area (Å²) in [7, 11) is 0. The fourth-order valence-corrected chi connectivity index (χ4v) is 6.32. The zero-order valence-electron chi connectivity index (χ0n) is 26.3. The minimum absolute atomic E-state index is 0.0273. The maximum Gasteiger partial charge on any atom is 0.407 e. The maximum absolute atomic E-state index is 12.9. The van der Waals surface area contributed by atoms with Crippen molar-refractivity contribution in [3.63, 3.8) is 0 Å². The van der Waals surface area contributed by atoms with Gasteiger partial charge in [-0.15, -0.1) is 13.2 Å². The number of hydrogen-bond donors (Lipinski definition) is 4. The first-order chi connectivity index (χ1) is 22.3. The Bertz CT molecular complexity index is 1360. The number of esters is 1. The molecule has 0 aromatic heterocycles. The van der Waals surface area contributed by atoms with Crippen molar-refractivity contribution < 1.29 is 33.8 Å². The van der Waals surface area contributed by atoms with Crippen LogP contribution >= 0.6 is 0 Å². The first-order valence-corrected chi connectivity index (χ1v) is 16.0. The Hall–Kier alpha value is -4.44. The van der Waals surface area contributed by atoms with E-state index in [9.17, 15) is 24.3 Å². The van der Waals surface area contributed by atoms with Crippen LogP contribution in [0.1, 0.15) is 68.4 Å². The van der Waals surface area contributed by atoms with Crippen molar-refractivity contribution in [1.82, 2.24) is 16.0 Å². The van der Waals surface area contributed by atoms with Crippen LogP contribution < -0.4 is 16.0 Å². The molecular weight excluding hydrogens is 586 g/mol. The standard InChI is InChI=1S/C36H45N3O7/c1-3-5-17-31(38-35(44)46-23-30-28-15-8-6-13-26(28)27-14-7-9-16-29(27)30)34(43)45-21-20-37-33(42)25(12-4-2)22-32(41)39-36(24-40)18-10-11-19-36/h3-4,6-9,13-16,25,30-31,40H,1-2,5,10-12,17-24H2,(H,37,42)(H,38,44)(H,39,41). The normalized spacial score (nSPS) is 15.8. The predicted octanol–water partition coefficient (Wildman–Crippen LogP) is 4.52. The number of allylic oxidation sites excluding steroid dienone is 2. The highest BCUT2D eigenvalue weighted by atomic mass is 16.6. The molecule has 246 valence electrons. The van der Waals surface area contributed by atoms with Crippen LogP contribution in [0.25, 0.3) is 11.1 Å². The Morgan fingerprint density at radius 3 is 2.22 bits per heavy atom. The van der Waals surface area contributed by atoms with Gasteiger partial charge < -0.3 is 30.5 Å². The molecule has 3 amide bonds. The van der Waals surface area contributed by atoms with E-state index >= 15 is 0 Å². The molecule has 1 saturated carbocycles. The van der Waals surface area contributed by atoms with Crippen LogP contribution in [0, 0.1) is 5.92 Å². The fraction of sp³-hybridized carbons (Fsp3) is 0.444. The minimum atomic E-state index is -0.962. The van der Waals surface area contributed by atoms with E-state index in [2.05, 4.69) is 41.2 Å². The minimum Gasteiger partial charge on any atom is -0.462 e. The molecule has 0 aliphatic heterocycles. The van der Waals surface area contributed by atoms with E-state index in [-0.39, 0.29) is 56.9 Å². The van der Waals surface area contributed by atoms with Gasteiger partial charge in [0.1, 0.15) is 19.3 Å². The monoisotopic (exact) mass is 631 g/mol. The molecule has 2 aliphatic carbocycles. The van der Waals surface area contributed by atoms with E-state index in [1.54, 1.807) is 12.2 Å². The molecule has 2 aliphatic rings. The topological polar surface area (TPSA) is 143 Å². The smallest absolute Gasteiger partial charge is 0.407 e. The van der Waals surface area contributed by atoms with Crippen LogP contribution in [0.2, 0.25) is 0 Å². The molecule has 4 N–H and O–H groups in total. The summed E-state index contributed by atoms with van der Waals surface area (Å²) < 4.78 is 11.0. The molecule has 0 saturated heterocycles. The van der Waals surface area contributed by atoms with Crippen molar-refractivity contribution in [2.24, 2.45) is 5.92 Å². The van der Waals surface area contributed by atoms with Gasteiger partial charge in [0.05, 0.1) is 24.6 Å². The van der Waals surface area contributed by atoms with Crippen LogP contribution in [-0.4, -0.2) is 66.9 Å². The molecule has 4 rings (SSSR count). The van der Waals surface area contributed by atoms with Crippen LogP contribution in [0.5, 0.6) is 0 Å². The molecule has 2 aromatic carbocycles. The molecule has 2 atom stereocenters. The second-order valence-electron chi connectivity index (χ2n) is 12.0. The van der Waals surface area contributed by atoms with Gasteiger partial charge in [0.15, 0.2) is 0 Å². The summed E-state index contributed by atoms with van der Waals surface area (Å²) >= 11 is 0. The van der Waals surface area contributed by atoms with E-state index in [1.807, 2.05) is 36.4 Å². The van der Waals surface area contributed by atoms with Gasteiger partial charge in [0.2, 0.25) is 11.8 Å². The van der Waals surface area contributed by atoms with Crippen molar-refractivity contribution >= 4 is 23.9 Å². The number of carbonyl (C=O) groups is 4. The van der Waals surface area contributed by atoms with E-state index in [0.717, 1.165) is 35.1 Å². The summed E-state index contributed by atoms with van der Waals surface area (Å²) in [5, 5.41) is 18.0. The summed E-state index contributed by atoms with van der Waals surface area (Å²) in [5.74, 6) is -2.09. The number of amides is 3. The first-order valence-electron chi connectivity index (χ1n) is 16.0. The van der Waals surface area contributed by atoms with Gasteiger partial charge in [-0.05, 0) is 54.4 Å². The Morgan fingerprint density at radius 1 is 0.957 bits per heavy atom. The molecule has 0 bridgehead atoms. The van der Waals surface area contributed by atoms with Crippen LogP contribution in [0.4, 0.5) is 4.79 Å². The van der Waals surface area contributed by atoms with Crippen molar-refractivity contribution in [3.8, 4) is 11.1 Å². The lowest BCUT2D eigenvalue weighted by Gasteiger charge is -2.28. The largest absolute Gasteiger partial charge is 0.462 e. The molecular formula is C36H45N3O7. The second kappa shape index (κ2) is 16.7. The first kappa shape index (κ1) is 34.4. The molecule has 1 fully saturated rings. The molecule has 10 nitrogen and oxygen atoms in total. The summed E-state index contributed by atoms with van der Waals surface area (Å²) in [6, 6.07) is 15.1. The third-order valence-electron chi connectivity index (χ3n) is 8.75. The van der Waals surface area contributed by atoms with Gasteiger partial charge in [-0.3, -0.25) is 9.59 Å². The molecule has 2 aromatic rings. The van der Waals surface area contributed by atoms with E-state index in [1.165, 1.54) is 0 Å². The Kier molecular flexibility index (Phi) is 12.5. The van der Waals surface area contributed by atoms with Gasteiger partial charge in [-0.1, -0.05) is 73.5 Å². The number of rotatable bonds is 17. The van der Waals surface area contributed by atoms with Crippen molar-refractivity contribution in [2.75, 3.05) is 26.4 Å². The van der Waals surface area contributed by atoms with Crippen LogP contribution in [0.15, 0.2) is 73.8 Å². The number of carbonyl (C=O) groups excluding carboxylic acids is 4. The Morgan fingerprint density at radius 2 is 1.61 bits per heavy atom. The molecule has 46 heavy (non-hydrogen) atoms. The van der Waals surface area contributed by atoms with Crippen LogP contribution in [0.3, 0.4) is 0 Å². The summed E-state index contributed by atoms with van der Waals surface area (Å²) in [5.41, 5.74) is 3.78. The predicted molar refractivity (Wildman–Crippen MR) is 175 cm³/mol. The van der Waals surface area contributed by atoms with Gasteiger partial charge in [0.25, 0.3) is 0 Å². The average molecular weight is 632 g/mol. The summed E-state index contributed by atoms with van der Waals surface area (Å²) in [6.07, 6.45) is 6.76. The number of aliphatic hydroxyl groups is 1. The molecule has 0 spiro atoms. The molecule has 2 unspecified atom stereocenters. The third kappa shape index (κ3) is 8.84. The molecule has 10 heteroatoms. The van der Waals surface area contributed by atoms with Crippen molar-refractivity contribution in [3.05, 3.63) is 85.0 Å². The van der Waals surface area contributed by atoms with Gasteiger partial charge in [-0.2, -0.15) is 0 Å². The van der Waals surface area contributed by atoms with Gasteiger partial charge >= 0.3 is 12.1 Å². The van der Waals surface area contributed by atoms with E-state index in [4.69, 9.17) is 9.47 Å². The van der Waals surface area contributed by atoms with Gasteiger partial charge in [0, 0.05) is 12.3 Å². The van der Waals surface area contributed by atoms with Crippen molar-refractivity contribution in [1.29, 1.82) is 0 Å². The average Bonchev–Trinajstić information content (AvgIpc) is 3.66. The number of nitrogens with one attached hydrogen (secondary N) is 3. The number of hydrogen-bond acceptors (Lipinski definition) is 7. The molecule has 0 heterocycles. The zero-order valence-corrected chi connectivity index (χ0v) is 26.3. The van der Waals surface area contributed by atoms with Crippen molar-refractivity contribution in [2.45, 2.75) is 68.9 Å². The number of alkyl carbamates (subject to hydrolysis) is 1. The Balaban J connectivity index is 1.24. The lowest BCUT2D eigenvalue weighted by molar-refractivity contribution is -0.146. The lowest BCUT2D eigenvalue weighted by atomic mass is 9.96. The lowest BCUT2D eigenvalue weighted by Crippen LogP contribution is -2.50. The zero-order chi connectivity index (χ0) is 32.9. The number of fused-ring (bicyclic) bond motifs is 3. The highest BCUT2D eigenvalue weighted by molar-refractivity contribution is 5.86. The Labute approximate surface area is 270 Å². The fourth-order valence-electron chi connectivity index (χ4n) is 6.32. The van der Waals surface area contributed by atoms with E-state index < -0.39 is 29.6 Å². The summed E-state index contributed by atoms with van der Waals surface area (Å²) in [4.78, 5) is 51.2. The highest BCUT2D eigenvalue weighted by Crippen LogP contribution is 2.44. The van der Waals surface area contributed by atoms with Crippen LogP contribution in [-0.2, 0) is 23.9 Å². The maximum atomic E-state index is 12.9.